The number of hydrogen-bond donors (Lipinski definition) is 8. The Bertz CT molecular complexity index is 1010. The van der Waals surface area contributed by atoms with Gasteiger partial charge >= 0.3 is 5.97 Å². The van der Waals surface area contributed by atoms with Gasteiger partial charge in [-0.25, -0.2) is 4.79 Å². The van der Waals surface area contributed by atoms with Gasteiger partial charge in [0.1, 0.15) is 36.6 Å². The van der Waals surface area contributed by atoms with E-state index in [1.165, 1.54) is 135 Å². The number of aliphatic hydroxyl groups is 7. The van der Waals surface area contributed by atoms with Crippen LogP contribution in [0.5, 0.6) is 0 Å². The largest absolute Gasteiger partial charge is 0.477 e. The molecule has 350 valence electrons. The van der Waals surface area contributed by atoms with E-state index in [4.69, 9.17) is 18.9 Å². The number of ether oxygens (including phenoxy) is 4. The second-order valence-electron chi connectivity index (χ2n) is 17.9. The van der Waals surface area contributed by atoms with Crippen molar-refractivity contribution in [3.63, 3.8) is 0 Å². The molecular formula is C46H88O13. The van der Waals surface area contributed by atoms with Crippen molar-refractivity contribution < 1.29 is 64.6 Å². The third-order valence-electron chi connectivity index (χ3n) is 12.7. The van der Waals surface area contributed by atoms with E-state index in [1.807, 2.05) is 0 Å². The van der Waals surface area contributed by atoms with Gasteiger partial charge in [0.15, 0.2) is 6.29 Å². The van der Waals surface area contributed by atoms with Gasteiger partial charge in [-0.2, -0.15) is 0 Å². The second kappa shape index (κ2) is 31.8. The zero-order valence-corrected chi connectivity index (χ0v) is 37.2. The zero-order chi connectivity index (χ0) is 43.5. The van der Waals surface area contributed by atoms with Gasteiger partial charge in [0.25, 0.3) is 5.79 Å². The van der Waals surface area contributed by atoms with Crippen molar-refractivity contribution in [1.82, 2.24) is 0 Å². The Balaban J connectivity index is 2.01. The lowest BCUT2D eigenvalue weighted by molar-refractivity contribution is -0.373. The second-order valence-corrected chi connectivity index (χ2v) is 17.9. The summed E-state index contributed by atoms with van der Waals surface area (Å²) in [4.78, 5) is 12.8. The standard InChI is InChI=1S/C46H88O13/c1-4-6-8-10-12-14-16-18-20-22-24-26-28-35(29-27-25-23-21-19-17-15-13-11-9-7-5-2)33-56-44-41(53)43(40(52)38(32-48)57-44)59-46(45(54)55)30-36(49)34(3)42(58-46)39(51)37(50)31-47/h34-44,47-53H,4-33H2,1-3H3,(H,54,55)/t34-,36?,37+,38?,39+,40-,41?,42+,43-,44+,46-/m0/s1. The summed E-state index contributed by atoms with van der Waals surface area (Å²) in [6, 6.07) is 0. The summed E-state index contributed by atoms with van der Waals surface area (Å²) < 4.78 is 23.6. The van der Waals surface area contributed by atoms with Crippen LogP contribution in [0.4, 0.5) is 0 Å². The molecule has 59 heavy (non-hydrogen) atoms. The molecule has 2 fully saturated rings. The molecule has 2 aliphatic rings. The Morgan fingerprint density at radius 1 is 0.695 bits per heavy atom. The molecule has 0 spiro atoms. The van der Waals surface area contributed by atoms with E-state index < -0.39 is 92.4 Å². The first-order chi connectivity index (χ1) is 28.5. The maximum absolute atomic E-state index is 12.8. The Kier molecular flexibility index (Phi) is 29.2. The first kappa shape index (κ1) is 54.2. The molecule has 0 aliphatic carbocycles. The number of carbonyl (C=O) groups is 1. The predicted molar refractivity (Wildman–Crippen MR) is 228 cm³/mol. The minimum atomic E-state index is -2.67. The number of carboxylic acid groups (broad SMARTS) is 1. The normalized spacial score (nSPS) is 28.6. The lowest BCUT2D eigenvalue weighted by atomic mass is 9.84. The molecule has 0 aromatic rings. The lowest BCUT2D eigenvalue weighted by Crippen LogP contribution is -2.67. The molecule has 13 heteroatoms. The van der Waals surface area contributed by atoms with Crippen LogP contribution in [0.3, 0.4) is 0 Å². The van der Waals surface area contributed by atoms with Crippen LogP contribution < -0.4 is 0 Å². The molecule has 0 radical (unpaired) electrons. The lowest BCUT2D eigenvalue weighted by Gasteiger charge is -2.49. The molecule has 2 aliphatic heterocycles. The number of carboxylic acids is 1. The van der Waals surface area contributed by atoms with Crippen molar-refractivity contribution in [3.8, 4) is 0 Å². The Morgan fingerprint density at radius 3 is 1.54 bits per heavy atom. The monoisotopic (exact) mass is 849 g/mol. The number of unbranched alkanes of at least 4 members (excludes halogenated alkanes) is 22. The van der Waals surface area contributed by atoms with E-state index in [2.05, 4.69) is 13.8 Å². The zero-order valence-electron chi connectivity index (χ0n) is 37.2. The van der Waals surface area contributed by atoms with Crippen molar-refractivity contribution in [2.24, 2.45) is 11.8 Å². The van der Waals surface area contributed by atoms with Gasteiger partial charge in [-0.1, -0.05) is 175 Å². The van der Waals surface area contributed by atoms with Crippen LogP contribution in [0.2, 0.25) is 0 Å². The van der Waals surface area contributed by atoms with E-state index in [0.717, 1.165) is 38.5 Å². The molecule has 0 bridgehead atoms. The molecule has 11 atom stereocenters. The van der Waals surface area contributed by atoms with E-state index in [0.29, 0.717) is 0 Å². The van der Waals surface area contributed by atoms with Gasteiger partial charge in [0.05, 0.1) is 32.0 Å². The first-order valence-electron chi connectivity index (χ1n) is 23.9. The van der Waals surface area contributed by atoms with Crippen LogP contribution in [0.15, 0.2) is 0 Å². The highest BCUT2D eigenvalue weighted by molar-refractivity contribution is 5.76. The predicted octanol–water partition coefficient (Wildman–Crippen LogP) is 6.91. The molecule has 0 amide bonds. The summed E-state index contributed by atoms with van der Waals surface area (Å²) in [7, 11) is 0. The SMILES string of the molecule is CCCCCCCCCCCCCCC(CCCCCCCCCCCCCC)CO[C@@H]1OC(CO)[C@H](O)[C@H](O[C@]2(C(=O)O)CC(O)[C@H](C)[C@H]([C@H](O)[C@H](O)CO)O2)C1O. The van der Waals surface area contributed by atoms with Crippen LogP contribution in [0.1, 0.15) is 194 Å². The van der Waals surface area contributed by atoms with Crippen LogP contribution in [-0.2, 0) is 23.7 Å². The number of hydrogen-bond acceptors (Lipinski definition) is 12. The summed E-state index contributed by atoms with van der Waals surface area (Å²) in [5, 5.41) is 84.2. The number of rotatable bonds is 36. The third kappa shape index (κ3) is 20.0. The highest BCUT2D eigenvalue weighted by atomic mass is 16.8. The fourth-order valence-corrected chi connectivity index (χ4v) is 8.67. The molecule has 0 aromatic carbocycles. The average molecular weight is 849 g/mol. The molecule has 2 rings (SSSR count). The summed E-state index contributed by atoms with van der Waals surface area (Å²) in [5.74, 6) is -5.07. The van der Waals surface area contributed by atoms with Gasteiger partial charge in [0, 0.05) is 12.3 Å². The molecule has 0 aromatic heterocycles. The number of aliphatic hydroxyl groups excluding tert-OH is 7. The van der Waals surface area contributed by atoms with Crippen molar-refractivity contribution in [2.45, 2.75) is 255 Å². The van der Waals surface area contributed by atoms with E-state index >= 15 is 0 Å². The Hall–Kier alpha value is -0.970. The molecule has 2 heterocycles. The van der Waals surface area contributed by atoms with E-state index in [-0.39, 0.29) is 12.5 Å². The summed E-state index contributed by atoms with van der Waals surface area (Å²) in [6.07, 6.45) is 17.4. The summed E-state index contributed by atoms with van der Waals surface area (Å²) >= 11 is 0. The van der Waals surface area contributed by atoms with Crippen LogP contribution in [0.25, 0.3) is 0 Å². The fraction of sp³-hybridized carbons (Fsp3) is 0.978. The molecule has 8 N–H and O–H groups in total. The van der Waals surface area contributed by atoms with Gasteiger partial charge < -0.3 is 59.8 Å². The average Bonchev–Trinajstić information content (AvgIpc) is 3.22. The van der Waals surface area contributed by atoms with Crippen LogP contribution in [-0.4, -0.2) is 128 Å². The van der Waals surface area contributed by atoms with Crippen molar-refractivity contribution in [1.29, 1.82) is 0 Å². The van der Waals surface area contributed by atoms with Gasteiger partial charge in [-0.15, -0.1) is 0 Å². The minimum Gasteiger partial charge on any atom is -0.477 e. The smallest absolute Gasteiger partial charge is 0.364 e. The maximum Gasteiger partial charge on any atom is 0.364 e. The third-order valence-corrected chi connectivity index (χ3v) is 12.7. The summed E-state index contributed by atoms with van der Waals surface area (Å²) in [6.45, 7) is 4.70. The minimum absolute atomic E-state index is 0.180. The molecular weight excluding hydrogens is 760 g/mol. The van der Waals surface area contributed by atoms with Gasteiger partial charge in [0.2, 0.25) is 0 Å². The molecule has 0 saturated carbocycles. The molecule has 3 unspecified atom stereocenters. The highest BCUT2D eigenvalue weighted by Crippen LogP contribution is 2.39. The van der Waals surface area contributed by atoms with E-state index in [9.17, 15) is 45.6 Å². The van der Waals surface area contributed by atoms with Crippen molar-refractivity contribution >= 4 is 5.97 Å². The van der Waals surface area contributed by atoms with Crippen LogP contribution in [0, 0.1) is 11.8 Å². The van der Waals surface area contributed by atoms with Gasteiger partial charge in [-0.3, -0.25) is 0 Å². The highest BCUT2D eigenvalue weighted by Gasteiger charge is 2.58. The Morgan fingerprint density at radius 2 is 1.14 bits per heavy atom. The first-order valence-corrected chi connectivity index (χ1v) is 23.9. The maximum atomic E-state index is 12.8. The van der Waals surface area contributed by atoms with Gasteiger partial charge in [-0.05, 0) is 18.8 Å². The quantitative estimate of drug-likeness (QED) is 0.0302. The molecule has 2 saturated heterocycles. The fourth-order valence-electron chi connectivity index (χ4n) is 8.67. The molecule has 13 nitrogen and oxygen atoms in total. The number of aliphatic carboxylic acids is 1. The van der Waals surface area contributed by atoms with Crippen molar-refractivity contribution in [2.75, 3.05) is 19.8 Å². The van der Waals surface area contributed by atoms with Crippen LogP contribution >= 0.6 is 0 Å². The van der Waals surface area contributed by atoms with E-state index in [1.54, 1.807) is 0 Å². The Labute approximate surface area is 356 Å². The summed E-state index contributed by atoms with van der Waals surface area (Å²) in [5.41, 5.74) is 0. The topological polar surface area (TPSA) is 216 Å². The van der Waals surface area contributed by atoms with Crippen molar-refractivity contribution in [3.05, 3.63) is 0 Å².